The van der Waals surface area contributed by atoms with Gasteiger partial charge >= 0.3 is 0 Å². The maximum atomic E-state index is 13.9. The van der Waals surface area contributed by atoms with E-state index in [-0.39, 0.29) is 24.1 Å². The fourth-order valence-electron chi connectivity index (χ4n) is 4.19. The van der Waals surface area contributed by atoms with Gasteiger partial charge in [-0.05, 0) is 50.2 Å². The van der Waals surface area contributed by atoms with Crippen LogP contribution >= 0.6 is 12.4 Å². The van der Waals surface area contributed by atoms with Crippen molar-refractivity contribution in [2.24, 2.45) is 10.1 Å². The zero-order valence-corrected chi connectivity index (χ0v) is 17.8. The van der Waals surface area contributed by atoms with Crippen LogP contribution < -0.4 is 0 Å². The summed E-state index contributed by atoms with van der Waals surface area (Å²) in [6, 6.07) is 12.0. The Labute approximate surface area is 185 Å². The van der Waals surface area contributed by atoms with Gasteiger partial charge in [0.25, 0.3) is 0 Å². The first kappa shape index (κ1) is 21.3. The topological polar surface area (TPSA) is 73.2 Å². The number of nitrogens with one attached hydrogen (secondary N) is 1. The second-order valence-corrected chi connectivity index (χ2v) is 7.69. The van der Waals surface area contributed by atoms with Crippen molar-refractivity contribution in [2.75, 3.05) is 26.2 Å². The van der Waals surface area contributed by atoms with Crippen molar-refractivity contribution in [1.29, 1.82) is 0 Å². The number of aromatic nitrogens is 1. The molecule has 1 saturated heterocycles. The molecule has 6 nitrogen and oxygen atoms in total. The standard InChI is InChI=1S/C23H23FN4O2.ClH/c24-15-8-9-19-17(14-15)20(23(29)26-19)22-21(16-6-2-3-7-18(16)25-22)27-30-13-12-28-10-4-1-5-11-28;/h2-3,6-9,14,26,29H,1,4-5,10-13H2;1H/b27-21+;. The van der Waals surface area contributed by atoms with Gasteiger partial charge in [-0.3, -0.25) is 4.90 Å². The highest BCUT2D eigenvalue weighted by Crippen LogP contribution is 2.35. The maximum absolute atomic E-state index is 13.9. The van der Waals surface area contributed by atoms with Crippen molar-refractivity contribution in [1.82, 2.24) is 9.88 Å². The highest BCUT2D eigenvalue weighted by atomic mass is 35.5. The monoisotopic (exact) mass is 442 g/mol. The Morgan fingerprint density at radius 1 is 1.13 bits per heavy atom. The van der Waals surface area contributed by atoms with Crippen LogP contribution in [0.25, 0.3) is 10.9 Å². The molecule has 1 aromatic heterocycles. The van der Waals surface area contributed by atoms with Crippen LogP contribution in [-0.4, -0.2) is 52.7 Å². The molecular formula is C23H24ClFN4O2. The second kappa shape index (κ2) is 9.08. The van der Waals surface area contributed by atoms with Gasteiger partial charge in [-0.15, -0.1) is 12.4 Å². The van der Waals surface area contributed by atoms with Gasteiger partial charge < -0.3 is 14.9 Å². The van der Waals surface area contributed by atoms with E-state index in [1.807, 2.05) is 24.3 Å². The van der Waals surface area contributed by atoms with Crippen LogP contribution in [0.2, 0.25) is 0 Å². The largest absolute Gasteiger partial charge is 0.494 e. The van der Waals surface area contributed by atoms with Crippen LogP contribution in [0, 0.1) is 5.82 Å². The summed E-state index contributed by atoms with van der Waals surface area (Å²) in [6.07, 6.45) is 3.76. The molecule has 0 amide bonds. The number of aliphatic imine (C=N–C) groups is 1. The quantitative estimate of drug-likeness (QED) is 0.441. The number of rotatable bonds is 5. The summed E-state index contributed by atoms with van der Waals surface area (Å²) >= 11 is 0. The summed E-state index contributed by atoms with van der Waals surface area (Å²) < 4.78 is 13.9. The van der Waals surface area contributed by atoms with Gasteiger partial charge in [0.1, 0.15) is 23.8 Å². The van der Waals surface area contributed by atoms with E-state index in [0.29, 0.717) is 34.5 Å². The molecule has 2 aromatic carbocycles. The van der Waals surface area contributed by atoms with Crippen molar-refractivity contribution < 1.29 is 14.3 Å². The summed E-state index contributed by atoms with van der Waals surface area (Å²) in [7, 11) is 0. The molecule has 0 saturated carbocycles. The number of para-hydroxylation sites is 1. The average Bonchev–Trinajstić information content (AvgIpc) is 3.28. The lowest BCUT2D eigenvalue weighted by atomic mass is 10.0. The van der Waals surface area contributed by atoms with Gasteiger partial charge in [-0.1, -0.05) is 29.8 Å². The molecule has 2 aliphatic rings. The van der Waals surface area contributed by atoms with Crippen molar-refractivity contribution in [3.05, 3.63) is 59.4 Å². The number of oxime groups is 1. The van der Waals surface area contributed by atoms with Gasteiger partial charge in [0.05, 0.1) is 11.3 Å². The number of piperidine rings is 1. The number of nitrogens with zero attached hydrogens (tertiary/aromatic N) is 3. The average molecular weight is 443 g/mol. The first-order chi connectivity index (χ1) is 14.7. The third-order valence-corrected chi connectivity index (χ3v) is 5.70. The highest BCUT2D eigenvalue weighted by molar-refractivity contribution is 6.58. The number of likely N-dealkylation sites (tertiary alicyclic amines) is 1. The Morgan fingerprint density at radius 3 is 2.77 bits per heavy atom. The maximum Gasteiger partial charge on any atom is 0.199 e. The molecule has 31 heavy (non-hydrogen) atoms. The van der Waals surface area contributed by atoms with Gasteiger partial charge in [-0.2, -0.15) is 0 Å². The number of aromatic amines is 1. The minimum atomic E-state index is -0.380. The van der Waals surface area contributed by atoms with E-state index < -0.39 is 0 Å². The van der Waals surface area contributed by atoms with E-state index in [9.17, 15) is 9.50 Å². The lowest BCUT2D eigenvalue weighted by molar-refractivity contribution is 0.103. The molecule has 3 heterocycles. The molecule has 5 rings (SSSR count). The lowest BCUT2D eigenvalue weighted by Gasteiger charge is -2.25. The van der Waals surface area contributed by atoms with Gasteiger partial charge in [0.15, 0.2) is 5.88 Å². The molecule has 8 heteroatoms. The normalized spacial score (nSPS) is 17.5. The fraction of sp³-hybridized carbons (Fsp3) is 0.304. The zero-order chi connectivity index (χ0) is 20.5. The van der Waals surface area contributed by atoms with Crippen molar-refractivity contribution in [3.8, 4) is 5.88 Å². The number of H-pyrrole nitrogens is 1. The minimum Gasteiger partial charge on any atom is -0.494 e. The summed E-state index contributed by atoms with van der Waals surface area (Å²) in [6.45, 7) is 3.51. The summed E-state index contributed by atoms with van der Waals surface area (Å²) in [5, 5.41) is 15.5. The van der Waals surface area contributed by atoms with Crippen LogP contribution in [-0.2, 0) is 4.84 Å². The molecule has 1 fully saturated rings. The van der Waals surface area contributed by atoms with E-state index >= 15 is 0 Å². The van der Waals surface area contributed by atoms with Crippen LogP contribution in [0.1, 0.15) is 30.4 Å². The van der Waals surface area contributed by atoms with Gasteiger partial charge in [0, 0.05) is 23.0 Å². The molecule has 2 N–H and O–H groups in total. The smallest absolute Gasteiger partial charge is 0.199 e. The van der Waals surface area contributed by atoms with Crippen LogP contribution in [0.3, 0.4) is 0 Å². The predicted molar refractivity (Wildman–Crippen MR) is 123 cm³/mol. The number of aromatic hydroxyl groups is 1. The third kappa shape index (κ3) is 4.16. The van der Waals surface area contributed by atoms with Crippen molar-refractivity contribution in [3.63, 3.8) is 0 Å². The molecular weight excluding hydrogens is 419 g/mol. The summed E-state index contributed by atoms with van der Waals surface area (Å²) in [4.78, 5) is 15.6. The summed E-state index contributed by atoms with van der Waals surface area (Å²) in [5.41, 5.74) is 3.66. The molecule has 0 bridgehead atoms. The second-order valence-electron chi connectivity index (χ2n) is 7.69. The van der Waals surface area contributed by atoms with Crippen LogP contribution in [0.4, 0.5) is 10.1 Å². The minimum absolute atomic E-state index is 0. The molecule has 162 valence electrons. The van der Waals surface area contributed by atoms with Crippen LogP contribution in [0.5, 0.6) is 5.88 Å². The number of fused-ring (bicyclic) bond motifs is 2. The van der Waals surface area contributed by atoms with E-state index in [0.717, 1.165) is 30.9 Å². The van der Waals surface area contributed by atoms with E-state index in [4.69, 9.17) is 4.84 Å². The predicted octanol–water partition coefficient (Wildman–Crippen LogP) is 4.78. The molecule has 0 aliphatic carbocycles. The molecule has 3 aromatic rings. The number of hydrogen-bond donors (Lipinski definition) is 2. The first-order valence-corrected chi connectivity index (χ1v) is 10.3. The Kier molecular flexibility index (Phi) is 6.25. The first-order valence-electron chi connectivity index (χ1n) is 10.3. The summed E-state index contributed by atoms with van der Waals surface area (Å²) in [5.74, 6) is -0.446. The van der Waals surface area contributed by atoms with Crippen LogP contribution in [0.15, 0.2) is 52.6 Å². The molecule has 0 radical (unpaired) electrons. The number of halogens is 2. The van der Waals surface area contributed by atoms with Crippen molar-refractivity contribution >= 4 is 40.4 Å². The number of hydrogen-bond acceptors (Lipinski definition) is 5. The van der Waals surface area contributed by atoms with Gasteiger partial charge in [-0.25, -0.2) is 9.38 Å². The van der Waals surface area contributed by atoms with E-state index in [1.165, 1.54) is 31.4 Å². The Bertz CT molecular complexity index is 1150. The molecule has 0 spiro atoms. The highest BCUT2D eigenvalue weighted by Gasteiger charge is 2.29. The lowest BCUT2D eigenvalue weighted by Crippen LogP contribution is -2.32. The SMILES string of the molecule is Cl.Oc1[nH]c2ccc(F)cc2c1C1=Nc2ccccc2/C1=N\OCCN1CCCCC1. The molecule has 0 atom stereocenters. The number of benzene rings is 2. The third-order valence-electron chi connectivity index (χ3n) is 5.70. The Balaban J connectivity index is 0.00000231. The van der Waals surface area contributed by atoms with Crippen molar-refractivity contribution in [2.45, 2.75) is 19.3 Å². The Morgan fingerprint density at radius 2 is 1.94 bits per heavy atom. The van der Waals surface area contributed by atoms with E-state index in [1.54, 1.807) is 6.07 Å². The molecule has 0 unspecified atom stereocenters. The Hall–Kier alpha value is -2.90. The fourth-order valence-corrected chi connectivity index (χ4v) is 4.19. The van der Waals surface area contributed by atoms with E-state index in [2.05, 4.69) is 20.0 Å². The molecule has 2 aliphatic heterocycles. The van der Waals surface area contributed by atoms with Gasteiger partial charge in [0.2, 0.25) is 0 Å². The zero-order valence-electron chi connectivity index (χ0n) is 17.0.